The minimum Gasteiger partial charge on any atom is -0.447 e. The zero-order chi connectivity index (χ0) is 22.8. The van der Waals surface area contributed by atoms with Crippen molar-refractivity contribution in [2.24, 2.45) is 0 Å². The highest BCUT2D eigenvalue weighted by Gasteiger charge is 2.47. The number of aliphatic hydroxyl groups is 1. The summed E-state index contributed by atoms with van der Waals surface area (Å²) in [5.41, 5.74) is 0.994. The molecule has 1 unspecified atom stereocenters. The Morgan fingerprint density at radius 2 is 1.84 bits per heavy atom. The number of rotatable bonds is 10. The summed E-state index contributed by atoms with van der Waals surface area (Å²) in [7, 11) is 0. The van der Waals surface area contributed by atoms with Crippen molar-refractivity contribution in [3.63, 3.8) is 0 Å². The first-order valence-electron chi connectivity index (χ1n) is 11.4. The van der Waals surface area contributed by atoms with Gasteiger partial charge in [0, 0.05) is 26.3 Å². The molecule has 2 aliphatic rings. The Bertz CT molecular complexity index is 669. The lowest BCUT2D eigenvalue weighted by Crippen LogP contribution is -2.61. The van der Waals surface area contributed by atoms with E-state index in [0.717, 1.165) is 12.0 Å². The molecular weight excluding hydrogens is 418 g/mol. The molecule has 2 aliphatic heterocycles. The average molecular weight is 454 g/mol. The zero-order valence-electron chi connectivity index (χ0n) is 18.9. The molecule has 1 N–H and O–H groups in total. The lowest BCUT2D eigenvalue weighted by Gasteiger charge is -2.44. The number of aliphatic hydroxyl groups excluding tert-OH is 1. The zero-order valence-corrected chi connectivity index (χ0v) is 18.9. The number of benzene rings is 1. The molecule has 32 heavy (non-hydrogen) atoms. The number of nitrogens with zero attached hydrogens (tertiary/aromatic N) is 1. The van der Waals surface area contributed by atoms with Crippen LogP contribution in [-0.2, 0) is 35.0 Å². The van der Waals surface area contributed by atoms with Crippen LogP contribution >= 0.6 is 0 Å². The summed E-state index contributed by atoms with van der Waals surface area (Å²) in [5.74, 6) is 0. The van der Waals surface area contributed by atoms with Crippen molar-refractivity contribution in [3.05, 3.63) is 35.9 Å². The maximum absolute atomic E-state index is 12.4. The number of amides is 1. The van der Waals surface area contributed by atoms with E-state index < -0.39 is 36.8 Å². The van der Waals surface area contributed by atoms with E-state index in [4.69, 9.17) is 28.4 Å². The molecule has 180 valence electrons. The average Bonchev–Trinajstić information content (AvgIpc) is 2.83. The van der Waals surface area contributed by atoms with Crippen LogP contribution in [0.4, 0.5) is 4.79 Å². The van der Waals surface area contributed by atoms with Gasteiger partial charge in [-0.2, -0.15) is 0 Å². The lowest BCUT2D eigenvalue weighted by atomic mass is 9.98. The van der Waals surface area contributed by atoms with Gasteiger partial charge in [-0.25, -0.2) is 4.79 Å². The lowest BCUT2D eigenvalue weighted by molar-refractivity contribution is -0.317. The van der Waals surface area contributed by atoms with E-state index in [1.807, 2.05) is 44.2 Å². The number of carbonyl (C=O) groups is 1. The Kier molecular flexibility index (Phi) is 10.2. The fourth-order valence-corrected chi connectivity index (χ4v) is 3.71. The molecule has 9 heteroatoms. The van der Waals surface area contributed by atoms with Gasteiger partial charge in [0.2, 0.25) is 0 Å². The van der Waals surface area contributed by atoms with Gasteiger partial charge in [-0.3, -0.25) is 0 Å². The molecular formula is C23H35NO8. The molecule has 0 radical (unpaired) electrons. The number of ether oxygens (including phenoxy) is 6. The van der Waals surface area contributed by atoms with Crippen molar-refractivity contribution in [2.45, 2.75) is 57.6 Å². The maximum atomic E-state index is 12.4. The van der Waals surface area contributed by atoms with Crippen molar-refractivity contribution in [1.29, 1.82) is 0 Å². The quantitative estimate of drug-likeness (QED) is 0.574. The van der Waals surface area contributed by atoms with Gasteiger partial charge < -0.3 is 38.4 Å². The Balaban J connectivity index is 1.65. The third-order valence-electron chi connectivity index (χ3n) is 5.39. The van der Waals surface area contributed by atoms with Gasteiger partial charge in [-0.15, -0.1) is 0 Å². The summed E-state index contributed by atoms with van der Waals surface area (Å²) in [6, 6.07) is 9.75. The van der Waals surface area contributed by atoms with Crippen LogP contribution in [0.2, 0.25) is 0 Å². The van der Waals surface area contributed by atoms with E-state index in [0.29, 0.717) is 46.1 Å². The maximum Gasteiger partial charge on any atom is 0.410 e. The van der Waals surface area contributed by atoms with Crippen LogP contribution < -0.4 is 0 Å². The number of hydrogen-bond acceptors (Lipinski definition) is 8. The molecule has 0 aliphatic carbocycles. The molecule has 1 aromatic carbocycles. The van der Waals surface area contributed by atoms with Crippen LogP contribution in [0.1, 0.15) is 25.8 Å². The second kappa shape index (κ2) is 13.1. The van der Waals surface area contributed by atoms with Gasteiger partial charge in [0.1, 0.15) is 31.0 Å². The largest absolute Gasteiger partial charge is 0.447 e. The summed E-state index contributed by atoms with van der Waals surface area (Å²) in [4.78, 5) is 13.9. The molecule has 0 saturated carbocycles. The molecule has 0 spiro atoms. The Morgan fingerprint density at radius 1 is 1.09 bits per heavy atom. The van der Waals surface area contributed by atoms with Crippen molar-refractivity contribution in [3.8, 4) is 0 Å². The topological polar surface area (TPSA) is 95.9 Å². The highest BCUT2D eigenvalue weighted by molar-refractivity contribution is 5.67. The summed E-state index contributed by atoms with van der Waals surface area (Å²) >= 11 is 0. The molecule has 2 heterocycles. The second-order valence-electron chi connectivity index (χ2n) is 7.76. The molecule has 2 saturated heterocycles. The molecule has 3 rings (SSSR count). The van der Waals surface area contributed by atoms with E-state index in [1.54, 1.807) is 4.90 Å². The van der Waals surface area contributed by atoms with Crippen molar-refractivity contribution in [1.82, 2.24) is 4.90 Å². The Labute approximate surface area is 189 Å². The molecule has 0 aromatic heterocycles. The summed E-state index contributed by atoms with van der Waals surface area (Å²) in [6.07, 6.45) is -3.59. The predicted molar refractivity (Wildman–Crippen MR) is 115 cm³/mol. The summed E-state index contributed by atoms with van der Waals surface area (Å²) in [5, 5.41) is 11.0. The van der Waals surface area contributed by atoms with Gasteiger partial charge in [0.05, 0.1) is 19.8 Å². The molecule has 5 atom stereocenters. The van der Waals surface area contributed by atoms with Crippen molar-refractivity contribution >= 4 is 6.09 Å². The minimum atomic E-state index is -1.04. The van der Waals surface area contributed by atoms with Crippen LogP contribution in [0.5, 0.6) is 0 Å². The number of morpholine rings is 1. The van der Waals surface area contributed by atoms with Gasteiger partial charge in [-0.05, 0) is 18.9 Å². The first-order chi connectivity index (χ1) is 15.6. The number of hydrogen-bond donors (Lipinski definition) is 1. The van der Waals surface area contributed by atoms with E-state index >= 15 is 0 Å². The fraction of sp³-hybridized carbons (Fsp3) is 0.696. The van der Waals surface area contributed by atoms with Crippen LogP contribution in [-0.4, -0.2) is 92.9 Å². The van der Waals surface area contributed by atoms with Gasteiger partial charge in [-0.1, -0.05) is 37.3 Å². The van der Waals surface area contributed by atoms with Gasteiger partial charge in [0.15, 0.2) is 6.29 Å². The molecule has 9 nitrogen and oxygen atoms in total. The van der Waals surface area contributed by atoms with E-state index in [9.17, 15) is 9.90 Å². The smallest absolute Gasteiger partial charge is 0.410 e. The predicted octanol–water partition coefficient (Wildman–Crippen LogP) is 1.96. The molecule has 1 aromatic rings. The SMILES string of the molecule is CCCO[C@H]1[C@H](O)[C@@H](COC(=O)N2CCOCC2)OC(OCC)[C@@H]1OCc1ccccc1. The second-order valence-corrected chi connectivity index (χ2v) is 7.76. The standard InChI is InChI=1S/C23H35NO8/c1-3-12-29-20-19(25)18(16-31-23(26)24-10-13-27-14-11-24)32-22(28-4-2)21(20)30-15-17-8-6-5-7-9-17/h5-9,18-22,25H,3-4,10-16H2,1-2H3/t18-,19-,20+,21-,22?/m1/s1. The van der Waals surface area contributed by atoms with Crippen molar-refractivity contribution < 1.29 is 38.3 Å². The molecule has 1 amide bonds. The van der Waals surface area contributed by atoms with Crippen LogP contribution in [0.3, 0.4) is 0 Å². The normalized spacial score (nSPS) is 28.5. The third-order valence-corrected chi connectivity index (χ3v) is 5.39. The fourth-order valence-electron chi connectivity index (χ4n) is 3.71. The first kappa shape index (κ1) is 24.9. The molecule has 0 bridgehead atoms. The number of carbonyl (C=O) groups excluding carboxylic acids is 1. The van der Waals surface area contributed by atoms with Crippen molar-refractivity contribution in [2.75, 3.05) is 46.1 Å². The van der Waals surface area contributed by atoms with Crippen LogP contribution in [0.15, 0.2) is 30.3 Å². The summed E-state index contributed by atoms with van der Waals surface area (Å²) < 4.78 is 34.6. The van der Waals surface area contributed by atoms with E-state index in [1.165, 1.54) is 0 Å². The van der Waals surface area contributed by atoms with E-state index in [2.05, 4.69) is 0 Å². The van der Waals surface area contributed by atoms with Gasteiger partial charge in [0.25, 0.3) is 0 Å². The highest BCUT2D eigenvalue weighted by atomic mass is 16.7. The van der Waals surface area contributed by atoms with Crippen LogP contribution in [0, 0.1) is 0 Å². The molecule has 2 fully saturated rings. The third kappa shape index (κ3) is 6.87. The van der Waals surface area contributed by atoms with Gasteiger partial charge >= 0.3 is 6.09 Å². The van der Waals surface area contributed by atoms with E-state index in [-0.39, 0.29) is 6.61 Å². The Hall–Kier alpha value is -1.75. The van der Waals surface area contributed by atoms with Crippen LogP contribution in [0.25, 0.3) is 0 Å². The monoisotopic (exact) mass is 453 g/mol. The summed E-state index contributed by atoms with van der Waals surface area (Å²) in [6.45, 7) is 6.84. The Morgan fingerprint density at radius 3 is 2.53 bits per heavy atom. The highest BCUT2D eigenvalue weighted by Crippen LogP contribution is 2.28. The first-order valence-corrected chi connectivity index (χ1v) is 11.4. The minimum absolute atomic E-state index is 0.113.